The van der Waals surface area contributed by atoms with Crippen LogP contribution in [-0.4, -0.2) is 56.0 Å². The molecule has 2 heterocycles. The molecule has 7 nitrogen and oxygen atoms in total. The zero-order valence-electron chi connectivity index (χ0n) is 17.0. The number of anilines is 1. The molecule has 0 saturated carbocycles. The van der Waals surface area contributed by atoms with E-state index in [4.69, 9.17) is 32.4 Å². The minimum Gasteiger partial charge on any atom is -0.467 e. The van der Waals surface area contributed by atoms with Crippen LogP contribution in [0.15, 0.2) is 12.1 Å². The van der Waals surface area contributed by atoms with Gasteiger partial charge in [0.05, 0.1) is 13.2 Å². The molecule has 0 unspecified atom stereocenters. The van der Waals surface area contributed by atoms with Crippen LogP contribution < -0.4 is 5.32 Å². The van der Waals surface area contributed by atoms with Gasteiger partial charge in [0.1, 0.15) is 16.3 Å². The van der Waals surface area contributed by atoms with Gasteiger partial charge >= 0.3 is 12.0 Å². The quantitative estimate of drug-likeness (QED) is 0.415. The lowest BCUT2D eigenvalue weighted by atomic mass is 10.2. The monoisotopic (exact) mass is 447 g/mol. The van der Waals surface area contributed by atoms with Gasteiger partial charge in [-0.3, -0.25) is 0 Å². The van der Waals surface area contributed by atoms with Crippen molar-refractivity contribution < 1.29 is 18.8 Å². The number of esters is 1. The first kappa shape index (κ1) is 22.9. The summed E-state index contributed by atoms with van der Waals surface area (Å²) in [6.07, 6.45) is 0.158. The van der Waals surface area contributed by atoms with E-state index < -0.39 is 26.4 Å². The van der Waals surface area contributed by atoms with Crippen molar-refractivity contribution in [1.29, 1.82) is 0 Å². The molecule has 0 aliphatic carbocycles. The van der Waals surface area contributed by atoms with Crippen molar-refractivity contribution in [3.8, 4) is 0 Å². The number of methoxy groups -OCH3 is 1. The van der Waals surface area contributed by atoms with Crippen molar-refractivity contribution in [2.75, 3.05) is 19.0 Å². The number of amides is 2. The fourth-order valence-corrected chi connectivity index (χ4v) is 4.61. The van der Waals surface area contributed by atoms with Gasteiger partial charge in [0.2, 0.25) is 0 Å². The first-order valence-electron chi connectivity index (χ1n) is 9.00. The van der Waals surface area contributed by atoms with E-state index in [9.17, 15) is 9.59 Å². The zero-order chi connectivity index (χ0) is 21.3. The van der Waals surface area contributed by atoms with E-state index >= 15 is 0 Å². The van der Waals surface area contributed by atoms with Gasteiger partial charge in [-0.05, 0) is 30.3 Å². The summed E-state index contributed by atoms with van der Waals surface area (Å²) >= 11 is 11.8. The minimum atomic E-state index is -2.05. The Kier molecular flexibility index (Phi) is 7.02. The van der Waals surface area contributed by atoms with Crippen LogP contribution in [0.4, 0.5) is 10.5 Å². The Morgan fingerprint density at radius 1 is 1.25 bits per heavy atom. The summed E-state index contributed by atoms with van der Waals surface area (Å²) in [4.78, 5) is 30.4. The molecule has 0 aromatic carbocycles. The van der Waals surface area contributed by atoms with Crippen molar-refractivity contribution in [1.82, 2.24) is 9.88 Å². The molecule has 2 amide bonds. The summed E-state index contributed by atoms with van der Waals surface area (Å²) in [5.41, 5.74) is 0.396. The molecule has 1 N–H and O–H groups in total. The molecule has 1 aliphatic rings. The molecular weight excluding hydrogens is 421 g/mol. The van der Waals surface area contributed by atoms with E-state index in [0.29, 0.717) is 18.7 Å². The lowest BCUT2D eigenvalue weighted by Gasteiger charge is -2.38. The molecule has 1 aromatic heterocycles. The summed E-state index contributed by atoms with van der Waals surface area (Å²) in [7, 11) is -0.743. The maximum Gasteiger partial charge on any atom is 0.328 e. The predicted molar refractivity (Wildman–Crippen MR) is 112 cm³/mol. The molecule has 2 rings (SSSR count). The number of hydrogen-bond acceptors (Lipinski definition) is 5. The summed E-state index contributed by atoms with van der Waals surface area (Å²) in [6, 6.07) is 1.80. The second-order valence-corrected chi connectivity index (χ2v) is 13.9. The number of rotatable bonds is 4. The van der Waals surface area contributed by atoms with Crippen molar-refractivity contribution in [3.63, 3.8) is 0 Å². The topological polar surface area (TPSA) is 80.8 Å². The van der Waals surface area contributed by atoms with Crippen LogP contribution in [0, 0.1) is 0 Å². The number of nitrogens with zero attached hydrogens (tertiary/aromatic N) is 2. The third-order valence-electron chi connectivity index (χ3n) is 5.28. The third-order valence-corrected chi connectivity index (χ3v) is 10.2. The number of likely N-dealkylation sites (tertiary alicyclic amines) is 1. The molecule has 10 heteroatoms. The number of nitrogens with one attached hydrogen (secondary N) is 1. The van der Waals surface area contributed by atoms with Gasteiger partial charge in [0.25, 0.3) is 0 Å². The average Bonchev–Trinajstić information content (AvgIpc) is 2.95. The van der Waals surface area contributed by atoms with Crippen molar-refractivity contribution in [3.05, 3.63) is 22.4 Å². The Morgan fingerprint density at radius 2 is 1.82 bits per heavy atom. The van der Waals surface area contributed by atoms with Crippen LogP contribution >= 0.6 is 23.2 Å². The average molecular weight is 448 g/mol. The standard InChI is InChI=1S/C18H27Cl2N3O4Si/c1-18(2,3)28(5,6)27-12-9-13(16(24)26-4)23(10-12)17(25)21-11-7-14(19)22-15(20)8-11/h7-8,12-13H,9-10H2,1-6H3,(H,21,22,25)/t12-,13+/m1/s1. The SMILES string of the molecule is COC(=O)[C@@H]1C[C@@H](O[Si](C)(C)C(C)(C)C)CN1C(=O)Nc1cc(Cl)nc(Cl)c1. The van der Waals surface area contributed by atoms with Crippen LogP contribution in [-0.2, 0) is 14.0 Å². The molecular formula is C18H27Cl2N3O4Si. The Bertz CT molecular complexity index is 735. The zero-order valence-corrected chi connectivity index (χ0v) is 19.5. The summed E-state index contributed by atoms with van der Waals surface area (Å²) in [5, 5.41) is 3.06. The number of ether oxygens (including phenoxy) is 1. The number of hydrogen-bond donors (Lipinski definition) is 1. The lowest BCUT2D eigenvalue weighted by molar-refractivity contribution is -0.144. The molecule has 1 saturated heterocycles. The third kappa shape index (κ3) is 5.37. The first-order valence-corrected chi connectivity index (χ1v) is 12.7. The number of aromatic nitrogens is 1. The number of carbonyl (C=O) groups is 2. The summed E-state index contributed by atoms with van der Waals surface area (Å²) < 4.78 is 11.3. The number of carbonyl (C=O) groups excluding carboxylic acids is 2. The highest BCUT2D eigenvalue weighted by atomic mass is 35.5. The van der Waals surface area contributed by atoms with E-state index in [1.54, 1.807) is 0 Å². The van der Waals surface area contributed by atoms with Crippen LogP contribution in [0.3, 0.4) is 0 Å². The Morgan fingerprint density at radius 3 is 2.32 bits per heavy atom. The van der Waals surface area contributed by atoms with Crippen LogP contribution in [0.2, 0.25) is 28.4 Å². The van der Waals surface area contributed by atoms with Crippen molar-refractivity contribution in [2.45, 2.75) is 57.5 Å². The molecule has 0 radical (unpaired) electrons. The van der Waals surface area contributed by atoms with Gasteiger partial charge in [-0.25, -0.2) is 14.6 Å². The fourth-order valence-electron chi connectivity index (χ4n) is 2.79. The second-order valence-electron chi connectivity index (χ2n) is 8.36. The van der Waals surface area contributed by atoms with E-state index in [-0.39, 0.29) is 21.4 Å². The lowest BCUT2D eigenvalue weighted by Crippen LogP contribution is -2.45. The van der Waals surface area contributed by atoms with E-state index in [1.807, 2.05) is 0 Å². The van der Waals surface area contributed by atoms with Gasteiger partial charge < -0.3 is 19.4 Å². The van der Waals surface area contributed by atoms with E-state index in [1.165, 1.54) is 24.1 Å². The largest absolute Gasteiger partial charge is 0.467 e. The molecule has 2 atom stereocenters. The number of urea groups is 1. The maximum atomic E-state index is 12.8. The highest BCUT2D eigenvalue weighted by molar-refractivity contribution is 6.74. The smallest absolute Gasteiger partial charge is 0.328 e. The Balaban J connectivity index is 2.18. The van der Waals surface area contributed by atoms with Crippen LogP contribution in [0.5, 0.6) is 0 Å². The summed E-state index contributed by atoms with van der Waals surface area (Å²) in [5.74, 6) is -0.470. The first-order chi connectivity index (χ1) is 12.8. The Hall–Kier alpha value is -1.35. The van der Waals surface area contributed by atoms with Crippen molar-refractivity contribution in [2.24, 2.45) is 0 Å². The van der Waals surface area contributed by atoms with Gasteiger partial charge in [-0.1, -0.05) is 44.0 Å². The maximum absolute atomic E-state index is 12.8. The van der Waals surface area contributed by atoms with E-state index in [0.717, 1.165) is 0 Å². The molecule has 0 spiro atoms. The predicted octanol–water partition coefficient (Wildman–Crippen LogP) is 4.56. The van der Waals surface area contributed by atoms with Gasteiger partial charge in [-0.15, -0.1) is 0 Å². The molecule has 156 valence electrons. The molecule has 0 bridgehead atoms. The highest BCUT2D eigenvalue weighted by Gasteiger charge is 2.46. The fraction of sp³-hybridized carbons (Fsp3) is 0.611. The molecule has 28 heavy (non-hydrogen) atoms. The van der Waals surface area contributed by atoms with Gasteiger partial charge in [-0.2, -0.15) is 0 Å². The van der Waals surface area contributed by atoms with Crippen LogP contribution in [0.25, 0.3) is 0 Å². The number of halogens is 2. The highest BCUT2D eigenvalue weighted by Crippen LogP contribution is 2.39. The van der Waals surface area contributed by atoms with Crippen LogP contribution in [0.1, 0.15) is 27.2 Å². The van der Waals surface area contributed by atoms with Gasteiger partial charge in [0.15, 0.2) is 8.32 Å². The van der Waals surface area contributed by atoms with Crippen molar-refractivity contribution >= 4 is 49.2 Å². The molecule has 1 fully saturated rings. The van der Waals surface area contributed by atoms with E-state index in [2.05, 4.69) is 44.2 Å². The summed E-state index contributed by atoms with van der Waals surface area (Å²) in [6.45, 7) is 11.0. The van der Waals surface area contributed by atoms with Gasteiger partial charge in [0, 0.05) is 18.7 Å². The molecule has 1 aliphatic heterocycles. The normalized spacial score (nSPS) is 20.2. The molecule has 1 aromatic rings. The second kappa shape index (κ2) is 8.57. The number of pyridine rings is 1. The Labute approximate surface area is 176 Å². The minimum absolute atomic E-state index is 0.0218.